The maximum atomic E-state index is 11.8. The molecule has 0 aliphatic heterocycles. The fourth-order valence-electron chi connectivity index (χ4n) is 1.52. The molecule has 1 atom stereocenters. The first-order chi connectivity index (χ1) is 9.49. The van der Waals surface area contributed by atoms with Gasteiger partial charge >= 0.3 is 6.09 Å². The van der Waals surface area contributed by atoms with Crippen molar-refractivity contribution >= 4 is 39.4 Å². The van der Waals surface area contributed by atoms with E-state index >= 15 is 0 Å². The first kappa shape index (κ1) is 14.7. The van der Waals surface area contributed by atoms with E-state index < -0.39 is 12.2 Å². The maximum Gasteiger partial charge on any atom is 0.413 e. The van der Waals surface area contributed by atoms with Gasteiger partial charge in [0, 0.05) is 18.8 Å². The van der Waals surface area contributed by atoms with Crippen molar-refractivity contribution in [3.63, 3.8) is 0 Å². The Balaban J connectivity index is 2.04. The molecule has 2 heterocycles. The van der Waals surface area contributed by atoms with Crippen molar-refractivity contribution in [2.45, 2.75) is 13.0 Å². The molecule has 0 saturated heterocycles. The van der Waals surface area contributed by atoms with E-state index in [-0.39, 0.29) is 0 Å². The van der Waals surface area contributed by atoms with Gasteiger partial charge in [-0.05, 0) is 28.9 Å². The van der Waals surface area contributed by atoms with E-state index in [0.717, 1.165) is 0 Å². The van der Waals surface area contributed by atoms with Crippen molar-refractivity contribution in [3.8, 4) is 0 Å². The average molecular weight is 361 g/mol. The first-order valence-corrected chi connectivity index (χ1v) is 6.79. The molecule has 20 heavy (non-hydrogen) atoms. The van der Waals surface area contributed by atoms with E-state index in [1.54, 1.807) is 32.3 Å². The van der Waals surface area contributed by atoms with Crippen LogP contribution in [0, 0.1) is 0 Å². The zero-order chi connectivity index (χ0) is 14.7. The summed E-state index contributed by atoms with van der Waals surface area (Å²) >= 11 is 9.11. The SMILES string of the molecule is C[C@@H](OC(=O)Nc1c(Br)nnn1C)c1cccnc1Cl. The molecule has 1 amide bonds. The molecule has 0 aromatic carbocycles. The molecule has 106 valence electrons. The molecule has 2 aromatic heterocycles. The third-order valence-corrected chi connectivity index (χ3v) is 3.37. The average Bonchev–Trinajstić information content (AvgIpc) is 2.71. The molecule has 0 aliphatic rings. The van der Waals surface area contributed by atoms with Crippen LogP contribution in [0.4, 0.5) is 10.6 Å². The predicted octanol–water partition coefficient (Wildman–Crippen LogP) is 2.94. The van der Waals surface area contributed by atoms with Gasteiger partial charge in [0.15, 0.2) is 10.4 Å². The van der Waals surface area contributed by atoms with Gasteiger partial charge in [0.2, 0.25) is 0 Å². The summed E-state index contributed by atoms with van der Waals surface area (Å²) in [6.07, 6.45) is 0.400. The second kappa shape index (κ2) is 6.19. The zero-order valence-corrected chi connectivity index (χ0v) is 13.0. The number of nitrogens with one attached hydrogen (secondary N) is 1. The highest BCUT2D eigenvalue weighted by atomic mass is 79.9. The standard InChI is InChI=1S/C11H11BrClN5O2/c1-6(7-4-3-5-14-9(7)13)20-11(19)15-10-8(12)16-17-18(10)2/h3-6H,1-2H3,(H,15,19)/t6-/m1/s1. The van der Waals surface area contributed by atoms with Crippen LogP contribution in [0.25, 0.3) is 0 Å². The number of ether oxygens (including phenoxy) is 1. The third kappa shape index (κ3) is 3.26. The Kier molecular flexibility index (Phi) is 4.56. The molecule has 2 aromatic rings. The highest BCUT2D eigenvalue weighted by Gasteiger charge is 2.17. The number of aryl methyl sites for hydroxylation is 1. The van der Waals surface area contributed by atoms with Gasteiger partial charge in [0.1, 0.15) is 11.3 Å². The number of carbonyl (C=O) groups is 1. The number of hydrogen-bond donors (Lipinski definition) is 1. The minimum absolute atomic E-state index is 0.302. The van der Waals surface area contributed by atoms with Crippen molar-refractivity contribution < 1.29 is 9.53 Å². The van der Waals surface area contributed by atoms with Crippen LogP contribution in [-0.4, -0.2) is 26.1 Å². The minimum Gasteiger partial charge on any atom is -0.441 e. The number of aromatic nitrogens is 4. The zero-order valence-electron chi connectivity index (χ0n) is 10.7. The molecule has 0 radical (unpaired) electrons. The fraction of sp³-hybridized carbons (Fsp3) is 0.273. The topological polar surface area (TPSA) is 81.9 Å². The predicted molar refractivity (Wildman–Crippen MR) is 76.5 cm³/mol. The minimum atomic E-state index is -0.636. The summed E-state index contributed by atoms with van der Waals surface area (Å²) < 4.78 is 7.07. The lowest BCUT2D eigenvalue weighted by Crippen LogP contribution is -2.18. The van der Waals surface area contributed by atoms with Crippen LogP contribution in [0.1, 0.15) is 18.6 Å². The number of anilines is 1. The second-order valence-corrected chi connectivity index (χ2v) is 5.02. The smallest absolute Gasteiger partial charge is 0.413 e. The van der Waals surface area contributed by atoms with Crippen molar-refractivity contribution in [1.29, 1.82) is 0 Å². The summed E-state index contributed by atoms with van der Waals surface area (Å²) in [4.78, 5) is 15.8. The molecular weight excluding hydrogens is 350 g/mol. The van der Waals surface area contributed by atoms with Crippen molar-refractivity contribution in [1.82, 2.24) is 20.0 Å². The van der Waals surface area contributed by atoms with Gasteiger partial charge in [-0.2, -0.15) is 0 Å². The number of carbonyl (C=O) groups excluding carboxylic acids is 1. The van der Waals surface area contributed by atoms with Crippen LogP contribution in [0.3, 0.4) is 0 Å². The summed E-state index contributed by atoms with van der Waals surface area (Å²) in [5.74, 6) is 0.402. The second-order valence-electron chi connectivity index (χ2n) is 3.91. The van der Waals surface area contributed by atoms with Gasteiger partial charge in [-0.1, -0.05) is 22.9 Å². The molecule has 0 unspecified atom stereocenters. The Hall–Kier alpha value is -1.67. The summed E-state index contributed by atoms with van der Waals surface area (Å²) in [6.45, 7) is 1.71. The van der Waals surface area contributed by atoms with Crippen molar-refractivity contribution in [2.24, 2.45) is 7.05 Å². The monoisotopic (exact) mass is 359 g/mol. The molecule has 0 fully saturated rings. The number of amides is 1. The van der Waals surface area contributed by atoms with Crippen LogP contribution in [0.15, 0.2) is 22.9 Å². The first-order valence-electron chi connectivity index (χ1n) is 5.62. The highest BCUT2D eigenvalue weighted by Crippen LogP contribution is 2.24. The molecule has 0 spiro atoms. The van der Waals surface area contributed by atoms with E-state index in [9.17, 15) is 4.79 Å². The van der Waals surface area contributed by atoms with E-state index in [1.807, 2.05) is 0 Å². The molecule has 9 heteroatoms. The number of pyridine rings is 1. The van der Waals surface area contributed by atoms with Gasteiger partial charge in [-0.15, -0.1) is 5.10 Å². The van der Waals surface area contributed by atoms with Crippen LogP contribution in [-0.2, 0) is 11.8 Å². The molecule has 0 saturated carbocycles. The largest absolute Gasteiger partial charge is 0.441 e. The van der Waals surface area contributed by atoms with Gasteiger partial charge < -0.3 is 4.74 Å². The Morgan fingerprint density at radius 1 is 1.60 bits per heavy atom. The highest BCUT2D eigenvalue weighted by molar-refractivity contribution is 9.10. The number of rotatable bonds is 3. The number of nitrogens with zero attached hydrogens (tertiary/aromatic N) is 4. The lowest BCUT2D eigenvalue weighted by molar-refractivity contribution is 0.121. The lowest BCUT2D eigenvalue weighted by Gasteiger charge is -2.14. The Morgan fingerprint density at radius 2 is 2.35 bits per heavy atom. The number of hydrogen-bond acceptors (Lipinski definition) is 5. The molecule has 2 rings (SSSR count). The fourth-order valence-corrected chi connectivity index (χ4v) is 2.22. The molecule has 7 nitrogen and oxygen atoms in total. The van der Waals surface area contributed by atoms with E-state index in [4.69, 9.17) is 16.3 Å². The maximum absolute atomic E-state index is 11.8. The Bertz CT molecular complexity index is 614. The third-order valence-electron chi connectivity index (χ3n) is 2.52. The van der Waals surface area contributed by atoms with E-state index in [1.165, 1.54) is 4.68 Å². The molecular formula is C11H11BrClN5O2. The summed E-state index contributed by atoms with van der Waals surface area (Å²) in [6, 6.07) is 3.47. The van der Waals surface area contributed by atoms with Crippen LogP contribution in [0.2, 0.25) is 5.15 Å². The lowest BCUT2D eigenvalue weighted by atomic mass is 10.2. The van der Waals surface area contributed by atoms with E-state index in [2.05, 4.69) is 36.5 Å². The summed E-state index contributed by atoms with van der Waals surface area (Å²) in [5.41, 5.74) is 0.631. The Morgan fingerprint density at radius 3 is 2.95 bits per heavy atom. The van der Waals surface area contributed by atoms with Crippen LogP contribution < -0.4 is 5.32 Å². The Labute approximate surface area is 128 Å². The van der Waals surface area contributed by atoms with Crippen LogP contribution >= 0.6 is 27.5 Å². The number of halogens is 2. The normalized spacial score (nSPS) is 12.0. The van der Waals surface area contributed by atoms with E-state index in [0.29, 0.717) is 21.1 Å². The quantitative estimate of drug-likeness (QED) is 0.851. The van der Waals surface area contributed by atoms with Gasteiger partial charge in [0.25, 0.3) is 0 Å². The molecule has 1 N–H and O–H groups in total. The summed E-state index contributed by atoms with van der Waals surface area (Å²) in [5, 5.41) is 10.3. The van der Waals surface area contributed by atoms with Crippen molar-refractivity contribution in [3.05, 3.63) is 33.6 Å². The molecule has 0 aliphatic carbocycles. The summed E-state index contributed by atoms with van der Waals surface area (Å²) in [7, 11) is 1.65. The van der Waals surface area contributed by atoms with Crippen molar-refractivity contribution in [2.75, 3.05) is 5.32 Å². The van der Waals surface area contributed by atoms with Gasteiger partial charge in [0.05, 0.1) is 0 Å². The van der Waals surface area contributed by atoms with Gasteiger partial charge in [-0.3, -0.25) is 5.32 Å². The van der Waals surface area contributed by atoms with Gasteiger partial charge in [-0.25, -0.2) is 14.5 Å². The van der Waals surface area contributed by atoms with Crippen LogP contribution in [0.5, 0.6) is 0 Å². The molecule has 0 bridgehead atoms.